The molecule has 0 aliphatic rings. The number of benzene rings is 1. The van der Waals surface area contributed by atoms with Gasteiger partial charge in [-0.05, 0) is 19.1 Å². The zero-order valence-electron chi connectivity index (χ0n) is 9.60. The van der Waals surface area contributed by atoms with E-state index < -0.39 is 0 Å². The average Bonchev–Trinajstić information content (AvgIpc) is 2.36. The smallest absolute Gasteiger partial charge is 0.227 e. The topological polar surface area (TPSA) is 47.0 Å². The number of aromatic nitrogens is 2. The lowest BCUT2D eigenvalue weighted by molar-refractivity contribution is 0.360. The van der Waals surface area contributed by atoms with Gasteiger partial charge in [-0.3, -0.25) is 0 Å². The maximum absolute atomic E-state index is 5.43. The molecule has 2 rings (SSSR count). The van der Waals surface area contributed by atoms with Crippen molar-refractivity contribution in [2.24, 2.45) is 0 Å². The number of fused-ring (bicyclic) bond motifs is 1. The summed E-state index contributed by atoms with van der Waals surface area (Å²) in [6.07, 6.45) is 5.18. The van der Waals surface area contributed by atoms with Crippen LogP contribution >= 0.6 is 0 Å². The van der Waals surface area contributed by atoms with E-state index in [2.05, 4.69) is 21.2 Å². The molecule has 1 heterocycles. The second kappa shape index (κ2) is 5.17. The van der Waals surface area contributed by atoms with E-state index in [4.69, 9.17) is 11.2 Å². The first-order chi connectivity index (χ1) is 8.35. The van der Waals surface area contributed by atoms with Gasteiger partial charge in [0.25, 0.3) is 0 Å². The Labute approximate surface area is 100 Å². The Morgan fingerprint density at radius 3 is 2.94 bits per heavy atom. The summed E-state index contributed by atoms with van der Waals surface area (Å²) in [5, 5.41) is 3.93. The molecule has 2 aromatic rings. The van der Waals surface area contributed by atoms with Crippen molar-refractivity contribution in [3.8, 4) is 18.2 Å². The van der Waals surface area contributed by atoms with Crippen LogP contribution in [0.5, 0.6) is 5.88 Å². The molecule has 0 fully saturated rings. The minimum absolute atomic E-state index is 0.201. The second-order valence-corrected chi connectivity index (χ2v) is 3.39. The standard InChI is InChI=1S/C13H13N3O/c1-3-9-17-12-10-7-5-6-8-11(10)15-13(16-12)14-4-2/h1,5-8H,4,9H2,2H3,(H,14,15,16). The zero-order chi connectivity index (χ0) is 12.1. The number of anilines is 1. The summed E-state index contributed by atoms with van der Waals surface area (Å²) in [6, 6.07) is 7.68. The molecule has 0 amide bonds. The minimum Gasteiger partial charge on any atom is -0.464 e. The van der Waals surface area contributed by atoms with E-state index in [0.717, 1.165) is 17.4 Å². The molecule has 4 heteroatoms. The van der Waals surface area contributed by atoms with Crippen molar-refractivity contribution in [1.29, 1.82) is 0 Å². The molecule has 4 nitrogen and oxygen atoms in total. The zero-order valence-corrected chi connectivity index (χ0v) is 9.60. The van der Waals surface area contributed by atoms with E-state index in [1.54, 1.807) is 0 Å². The number of rotatable bonds is 4. The molecule has 17 heavy (non-hydrogen) atoms. The van der Waals surface area contributed by atoms with Crippen LogP contribution in [0.2, 0.25) is 0 Å². The van der Waals surface area contributed by atoms with Crippen molar-refractivity contribution >= 4 is 16.9 Å². The number of para-hydroxylation sites is 1. The van der Waals surface area contributed by atoms with E-state index in [9.17, 15) is 0 Å². The Hall–Kier alpha value is -2.28. The van der Waals surface area contributed by atoms with Crippen LogP contribution in [0.3, 0.4) is 0 Å². The Morgan fingerprint density at radius 1 is 1.35 bits per heavy atom. The monoisotopic (exact) mass is 227 g/mol. The quantitative estimate of drug-likeness (QED) is 0.812. The Balaban J connectivity index is 2.49. The predicted molar refractivity (Wildman–Crippen MR) is 68.0 cm³/mol. The second-order valence-electron chi connectivity index (χ2n) is 3.39. The predicted octanol–water partition coefficient (Wildman–Crippen LogP) is 2.07. The summed E-state index contributed by atoms with van der Waals surface area (Å²) in [6.45, 7) is 2.94. The summed E-state index contributed by atoms with van der Waals surface area (Å²) in [4.78, 5) is 8.67. The van der Waals surface area contributed by atoms with E-state index in [1.165, 1.54) is 0 Å². The number of nitrogens with one attached hydrogen (secondary N) is 1. The first kappa shape index (κ1) is 11.2. The molecular formula is C13H13N3O. The van der Waals surface area contributed by atoms with Crippen LogP contribution in [0.1, 0.15) is 6.92 Å². The molecule has 0 bridgehead atoms. The highest BCUT2D eigenvalue weighted by Gasteiger charge is 2.07. The van der Waals surface area contributed by atoms with Crippen molar-refractivity contribution in [2.45, 2.75) is 6.92 Å². The van der Waals surface area contributed by atoms with Crippen LogP contribution in [-0.4, -0.2) is 23.1 Å². The third kappa shape index (κ3) is 2.45. The van der Waals surface area contributed by atoms with Gasteiger partial charge in [0.2, 0.25) is 11.8 Å². The Morgan fingerprint density at radius 2 is 2.18 bits per heavy atom. The number of terminal acetylenes is 1. The van der Waals surface area contributed by atoms with E-state index in [1.807, 2.05) is 31.2 Å². The summed E-state index contributed by atoms with van der Waals surface area (Å²) >= 11 is 0. The Kier molecular flexibility index (Phi) is 3.41. The molecule has 0 spiro atoms. The highest BCUT2D eigenvalue weighted by molar-refractivity contribution is 5.84. The molecule has 1 aromatic carbocycles. The summed E-state index contributed by atoms with van der Waals surface area (Å²) < 4.78 is 5.43. The molecule has 0 unspecified atom stereocenters. The fourth-order valence-electron chi connectivity index (χ4n) is 1.50. The van der Waals surface area contributed by atoms with E-state index in [0.29, 0.717) is 11.8 Å². The summed E-state index contributed by atoms with van der Waals surface area (Å²) in [5.74, 6) is 3.50. The molecule has 0 saturated heterocycles. The third-order valence-corrected chi connectivity index (χ3v) is 2.20. The average molecular weight is 227 g/mol. The lowest BCUT2D eigenvalue weighted by Gasteiger charge is -2.08. The van der Waals surface area contributed by atoms with Crippen LogP contribution in [0, 0.1) is 12.3 Å². The van der Waals surface area contributed by atoms with Gasteiger partial charge in [0.1, 0.15) is 0 Å². The molecule has 1 N–H and O–H groups in total. The minimum atomic E-state index is 0.201. The van der Waals surface area contributed by atoms with Gasteiger partial charge < -0.3 is 10.1 Å². The maximum Gasteiger partial charge on any atom is 0.227 e. The third-order valence-electron chi connectivity index (χ3n) is 2.20. The van der Waals surface area contributed by atoms with Crippen molar-refractivity contribution in [2.75, 3.05) is 18.5 Å². The van der Waals surface area contributed by atoms with Gasteiger partial charge in [0.05, 0.1) is 10.9 Å². The van der Waals surface area contributed by atoms with Crippen molar-refractivity contribution in [3.05, 3.63) is 24.3 Å². The molecule has 0 radical (unpaired) electrons. The van der Waals surface area contributed by atoms with Crippen molar-refractivity contribution in [1.82, 2.24) is 9.97 Å². The lowest BCUT2D eigenvalue weighted by atomic mass is 10.2. The van der Waals surface area contributed by atoms with Crippen molar-refractivity contribution < 1.29 is 4.74 Å². The molecule has 0 aliphatic carbocycles. The number of hydrogen-bond donors (Lipinski definition) is 1. The molecule has 86 valence electrons. The maximum atomic E-state index is 5.43. The van der Waals surface area contributed by atoms with E-state index in [-0.39, 0.29) is 6.61 Å². The van der Waals surface area contributed by atoms with Gasteiger partial charge in [0.15, 0.2) is 6.61 Å². The van der Waals surface area contributed by atoms with Gasteiger partial charge >= 0.3 is 0 Å². The van der Waals surface area contributed by atoms with E-state index >= 15 is 0 Å². The normalized spacial score (nSPS) is 9.88. The highest BCUT2D eigenvalue weighted by atomic mass is 16.5. The molecule has 0 saturated carbocycles. The first-order valence-electron chi connectivity index (χ1n) is 5.42. The molecule has 1 aromatic heterocycles. The number of nitrogens with zero attached hydrogens (tertiary/aromatic N) is 2. The van der Waals surface area contributed by atoms with Gasteiger partial charge in [-0.15, -0.1) is 6.42 Å². The van der Waals surface area contributed by atoms with Gasteiger partial charge in [-0.1, -0.05) is 18.1 Å². The van der Waals surface area contributed by atoms with Crippen molar-refractivity contribution in [3.63, 3.8) is 0 Å². The van der Waals surface area contributed by atoms with Gasteiger partial charge in [0, 0.05) is 6.54 Å². The van der Waals surface area contributed by atoms with Crippen LogP contribution in [0.25, 0.3) is 10.9 Å². The largest absolute Gasteiger partial charge is 0.464 e. The highest BCUT2D eigenvalue weighted by Crippen LogP contribution is 2.23. The van der Waals surface area contributed by atoms with Crippen LogP contribution in [0.4, 0.5) is 5.95 Å². The lowest BCUT2D eigenvalue weighted by Crippen LogP contribution is -2.05. The summed E-state index contributed by atoms with van der Waals surface area (Å²) in [5.41, 5.74) is 0.838. The fraction of sp³-hybridized carbons (Fsp3) is 0.231. The SMILES string of the molecule is C#CCOc1nc(NCC)nc2ccccc12. The molecule has 0 atom stereocenters. The first-order valence-corrected chi connectivity index (χ1v) is 5.42. The van der Waals surface area contributed by atoms with Crippen LogP contribution in [-0.2, 0) is 0 Å². The fourth-order valence-corrected chi connectivity index (χ4v) is 1.50. The van der Waals surface area contributed by atoms with Gasteiger partial charge in [-0.2, -0.15) is 4.98 Å². The van der Waals surface area contributed by atoms with Crippen LogP contribution in [0.15, 0.2) is 24.3 Å². The molecular weight excluding hydrogens is 214 g/mol. The molecule has 0 aliphatic heterocycles. The Bertz CT molecular complexity index is 560. The number of ether oxygens (including phenoxy) is 1. The summed E-state index contributed by atoms with van der Waals surface area (Å²) in [7, 11) is 0. The van der Waals surface area contributed by atoms with Gasteiger partial charge in [-0.25, -0.2) is 4.98 Å². The van der Waals surface area contributed by atoms with Crippen LogP contribution < -0.4 is 10.1 Å². The number of hydrogen-bond acceptors (Lipinski definition) is 4.